The summed E-state index contributed by atoms with van der Waals surface area (Å²) in [4.78, 5) is 16.0. The molecule has 28 heavy (non-hydrogen) atoms. The molecule has 0 aliphatic carbocycles. The van der Waals surface area contributed by atoms with Gasteiger partial charge in [-0.15, -0.1) is 15.3 Å². The van der Waals surface area contributed by atoms with Crippen LogP contribution in [0.4, 0.5) is 11.4 Å². The van der Waals surface area contributed by atoms with E-state index in [1.807, 2.05) is 33.6 Å². The van der Waals surface area contributed by atoms with E-state index in [9.17, 15) is 15.3 Å². The summed E-state index contributed by atoms with van der Waals surface area (Å²) in [7, 11) is 0. The minimum atomic E-state index is -0.620. The van der Waals surface area contributed by atoms with Crippen LogP contribution in [0.3, 0.4) is 0 Å². The second kappa shape index (κ2) is 8.11. The molecule has 0 aromatic carbocycles. The van der Waals surface area contributed by atoms with Gasteiger partial charge in [0.2, 0.25) is 11.5 Å². The van der Waals surface area contributed by atoms with E-state index in [1.54, 1.807) is 0 Å². The Kier molecular flexibility index (Phi) is 6.06. The number of azo groups is 1. The first-order valence-electron chi connectivity index (χ1n) is 8.84. The molecule has 2 heterocycles. The fraction of sp³-hybridized carbons (Fsp3) is 0.474. The lowest BCUT2D eigenvalue weighted by atomic mass is 9.86. The van der Waals surface area contributed by atoms with Gasteiger partial charge in [-0.05, 0) is 24.8 Å². The van der Waals surface area contributed by atoms with Gasteiger partial charge in [0.05, 0.1) is 17.9 Å². The topological polar surface area (TPSA) is 121 Å². The minimum Gasteiger partial charge on any atom is -0.869 e. The third-order valence-electron chi connectivity index (χ3n) is 4.23. The highest BCUT2D eigenvalue weighted by Gasteiger charge is 2.29. The second-order valence-electron chi connectivity index (χ2n) is 7.36. The van der Waals surface area contributed by atoms with Crippen molar-refractivity contribution in [3.63, 3.8) is 0 Å². The van der Waals surface area contributed by atoms with E-state index in [-0.39, 0.29) is 34.9 Å². The van der Waals surface area contributed by atoms with Gasteiger partial charge in [-0.1, -0.05) is 34.1 Å². The molecule has 0 unspecified atom stereocenters. The van der Waals surface area contributed by atoms with Crippen LogP contribution in [0.2, 0.25) is 0 Å². The van der Waals surface area contributed by atoms with Crippen LogP contribution < -0.4 is 10.7 Å². The van der Waals surface area contributed by atoms with Crippen molar-refractivity contribution in [2.24, 2.45) is 25.8 Å². The van der Waals surface area contributed by atoms with Crippen LogP contribution in [0.5, 0.6) is 5.88 Å². The zero-order valence-corrected chi connectivity index (χ0v) is 16.6. The normalized spacial score (nSPS) is 14.1. The lowest BCUT2D eigenvalue weighted by molar-refractivity contribution is -0.278. The van der Waals surface area contributed by atoms with Crippen LogP contribution in [0.1, 0.15) is 46.1 Å². The van der Waals surface area contributed by atoms with Crippen LogP contribution in [-0.4, -0.2) is 22.0 Å². The molecule has 1 aromatic rings. The number of nitrogens with zero attached hydrogens (tertiary/aromatic N) is 7. The van der Waals surface area contributed by atoms with Crippen LogP contribution in [0, 0.1) is 18.9 Å². The summed E-state index contributed by atoms with van der Waals surface area (Å²) in [5.41, 5.74) is -0.448. The van der Waals surface area contributed by atoms with Crippen LogP contribution in [-0.2, 0) is 6.54 Å². The maximum absolute atomic E-state index is 12.7. The number of hydrogen-bond acceptors (Lipinski definition) is 6. The Balaban J connectivity index is 2.52. The summed E-state index contributed by atoms with van der Waals surface area (Å²) in [6.45, 7) is 16.6. The van der Waals surface area contributed by atoms with Gasteiger partial charge in [-0.2, -0.15) is 5.10 Å². The third-order valence-corrected chi connectivity index (χ3v) is 4.23. The molecular formula is C19H21N7O2-2. The Morgan fingerprint density at radius 3 is 2.54 bits per heavy atom. The highest BCUT2D eigenvalue weighted by molar-refractivity contribution is 6.32. The predicted octanol–water partition coefficient (Wildman–Crippen LogP) is 3.64. The molecule has 0 fully saturated rings. The first-order valence-corrected chi connectivity index (χ1v) is 8.84. The summed E-state index contributed by atoms with van der Waals surface area (Å²) in [5, 5.41) is 37.6. The van der Waals surface area contributed by atoms with Crippen molar-refractivity contribution in [1.29, 1.82) is 0 Å². The minimum absolute atomic E-state index is 0.00176. The quantitative estimate of drug-likeness (QED) is 0.450. The summed E-state index contributed by atoms with van der Waals surface area (Å²) >= 11 is 0. The molecule has 0 N–H and O–H groups in total. The first-order chi connectivity index (χ1) is 13.2. The van der Waals surface area contributed by atoms with Gasteiger partial charge in [0.1, 0.15) is 5.69 Å². The summed E-state index contributed by atoms with van der Waals surface area (Å²) in [6.07, 6.45) is 1.41. The third kappa shape index (κ3) is 3.82. The second-order valence-corrected chi connectivity index (χ2v) is 7.36. The van der Waals surface area contributed by atoms with E-state index in [0.29, 0.717) is 12.1 Å². The lowest BCUT2D eigenvalue weighted by Gasteiger charge is -2.20. The fourth-order valence-electron chi connectivity index (χ4n) is 2.65. The Morgan fingerprint density at radius 2 is 2.00 bits per heavy atom. The van der Waals surface area contributed by atoms with Crippen LogP contribution in [0.15, 0.2) is 30.8 Å². The van der Waals surface area contributed by atoms with Gasteiger partial charge in [0.25, 0.3) is 5.56 Å². The monoisotopic (exact) mass is 379 g/mol. The van der Waals surface area contributed by atoms with E-state index in [1.165, 1.54) is 6.92 Å². The molecule has 2 rings (SSSR count). The van der Waals surface area contributed by atoms with E-state index in [4.69, 9.17) is 6.57 Å². The molecule has 0 atom stereocenters. The van der Waals surface area contributed by atoms with Crippen LogP contribution >= 0.6 is 0 Å². The number of amidine groups is 1. The molecule has 0 spiro atoms. The maximum atomic E-state index is 12.7. The molecule has 1 aliphatic heterocycles. The average molecular weight is 379 g/mol. The average Bonchev–Trinajstić information content (AvgIpc) is 3.05. The molecule has 146 valence electrons. The number of unbranched alkanes of at least 4 members (excludes halogenated alkanes) is 1. The van der Waals surface area contributed by atoms with E-state index in [2.05, 4.69) is 25.3 Å². The number of rotatable bonds is 4. The van der Waals surface area contributed by atoms with Crippen molar-refractivity contribution in [3.8, 4) is 5.88 Å². The van der Waals surface area contributed by atoms with Gasteiger partial charge in [0, 0.05) is 12.0 Å². The van der Waals surface area contributed by atoms with E-state index >= 15 is 0 Å². The molecule has 1 aromatic heterocycles. The van der Waals surface area contributed by atoms with Crippen molar-refractivity contribution in [3.05, 3.63) is 38.3 Å². The van der Waals surface area contributed by atoms with Crippen molar-refractivity contribution in [2.45, 2.75) is 54.0 Å². The largest absolute Gasteiger partial charge is 0.869 e. The van der Waals surface area contributed by atoms with Crippen LogP contribution in [0.25, 0.3) is 10.3 Å². The molecule has 9 heteroatoms. The molecule has 0 radical (unpaired) electrons. The van der Waals surface area contributed by atoms with Crippen molar-refractivity contribution in [1.82, 2.24) is 4.57 Å². The fourth-order valence-corrected chi connectivity index (χ4v) is 2.65. The summed E-state index contributed by atoms with van der Waals surface area (Å²) < 4.78 is 1.01. The Labute approximate surface area is 163 Å². The predicted molar refractivity (Wildman–Crippen MR) is 107 cm³/mol. The first kappa shape index (κ1) is 20.9. The number of pyridine rings is 1. The zero-order valence-electron chi connectivity index (χ0n) is 16.6. The zero-order chi connectivity index (χ0) is 21.1. The summed E-state index contributed by atoms with van der Waals surface area (Å²) in [5.74, 6) is 1.41. The molecule has 0 saturated carbocycles. The van der Waals surface area contributed by atoms with Crippen molar-refractivity contribution < 1.29 is 5.11 Å². The molecular weight excluding hydrogens is 358 g/mol. The van der Waals surface area contributed by atoms with Gasteiger partial charge in [0.15, 0.2) is 0 Å². The molecule has 9 nitrogen and oxygen atoms in total. The highest BCUT2D eigenvalue weighted by Crippen LogP contribution is 2.33. The van der Waals surface area contributed by atoms with Crippen molar-refractivity contribution in [2.75, 3.05) is 0 Å². The molecule has 0 bridgehead atoms. The van der Waals surface area contributed by atoms with Gasteiger partial charge in [-0.25, -0.2) is 4.85 Å². The smallest absolute Gasteiger partial charge is 0.275 e. The molecule has 0 amide bonds. The van der Waals surface area contributed by atoms with E-state index < -0.39 is 16.9 Å². The lowest BCUT2D eigenvalue weighted by Crippen LogP contribution is -2.24. The van der Waals surface area contributed by atoms with Gasteiger partial charge >= 0.3 is 0 Å². The van der Waals surface area contributed by atoms with Gasteiger partial charge < -0.3 is 15.1 Å². The standard InChI is InChI=1S/C19H22N7O2/c1-7-8-9-26-17(27)13(21-6)11(2)14(18(26)28)22-24-16-12(10-20)15(23-25-16)19(3,4)5/h27H,7-9H2,1-5H3/q-1/p-1. The SMILES string of the molecule is [C-]#[N+]c1c(C)c(N=NC2=NN=C(C(C)(C)C)C2=C=[N-])c(=O)n(CCCC)c1[O-]. The van der Waals surface area contributed by atoms with Gasteiger partial charge in [-0.3, -0.25) is 10.7 Å². The molecule has 0 saturated heterocycles. The maximum Gasteiger partial charge on any atom is 0.275 e. The Hall–Kier alpha value is -3.37. The number of aromatic nitrogens is 1. The molecule has 1 aliphatic rings. The Bertz CT molecular complexity index is 1040. The van der Waals surface area contributed by atoms with E-state index in [0.717, 1.165) is 11.0 Å². The number of hydrogen-bond donors (Lipinski definition) is 0. The van der Waals surface area contributed by atoms with Crippen molar-refractivity contribution >= 4 is 28.8 Å². The highest BCUT2D eigenvalue weighted by atomic mass is 16.3. The summed E-state index contributed by atoms with van der Waals surface area (Å²) in [6, 6.07) is 0. The Morgan fingerprint density at radius 1 is 1.32 bits per heavy atom.